The molecule has 0 radical (unpaired) electrons. The number of hydrogen-bond acceptors (Lipinski definition) is 6. The number of aryl methyl sites for hydroxylation is 1. The van der Waals surface area contributed by atoms with E-state index in [0.29, 0.717) is 11.3 Å². The van der Waals surface area contributed by atoms with Gasteiger partial charge in [-0.15, -0.1) is 0 Å². The molecule has 1 amide bonds. The van der Waals surface area contributed by atoms with E-state index in [4.69, 9.17) is 4.42 Å². The van der Waals surface area contributed by atoms with Crippen LogP contribution >= 0.6 is 0 Å². The number of nitrogens with one attached hydrogen (secondary N) is 2. The molecule has 3 aromatic carbocycles. The van der Waals surface area contributed by atoms with Crippen LogP contribution < -0.4 is 14.9 Å². The highest BCUT2D eigenvalue weighted by Gasteiger charge is 2.28. The van der Waals surface area contributed by atoms with Gasteiger partial charge >= 0.3 is 5.97 Å². The van der Waals surface area contributed by atoms with Gasteiger partial charge in [0.05, 0.1) is 4.90 Å². The van der Waals surface area contributed by atoms with Crippen molar-refractivity contribution in [2.75, 3.05) is 23.3 Å². The number of aliphatic carboxylic acids is 1. The van der Waals surface area contributed by atoms with Gasteiger partial charge in [0.2, 0.25) is 10.0 Å². The number of carboxylic acid groups (broad SMARTS) is 1. The topological polar surface area (TPSA) is 129 Å². The summed E-state index contributed by atoms with van der Waals surface area (Å²) in [5, 5.41) is 13.2. The molecule has 1 fully saturated rings. The highest BCUT2D eigenvalue weighted by molar-refractivity contribution is 7.89. The fourth-order valence-corrected chi connectivity index (χ4v) is 6.52. The lowest BCUT2D eigenvalue weighted by Gasteiger charge is -2.18. The maximum Gasteiger partial charge on any atom is 0.322 e. The number of carboxylic acids is 1. The minimum atomic E-state index is -4.01. The van der Waals surface area contributed by atoms with E-state index in [2.05, 4.69) is 21.0 Å². The van der Waals surface area contributed by atoms with Gasteiger partial charge in [0.15, 0.2) is 5.76 Å². The molecule has 4 aromatic rings. The number of nitrogens with zero attached hydrogens (tertiary/aromatic N) is 1. The monoisotopic (exact) mass is 575 g/mol. The Hall–Kier alpha value is -4.15. The number of furan rings is 1. The molecule has 9 nitrogen and oxygen atoms in total. The molecule has 1 unspecified atom stereocenters. The third-order valence-electron chi connectivity index (χ3n) is 7.44. The van der Waals surface area contributed by atoms with Crippen LogP contribution in [0.3, 0.4) is 0 Å². The van der Waals surface area contributed by atoms with Crippen LogP contribution in [0.2, 0.25) is 0 Å². The Bertz CT molecular complexity index is 1690. The number of sulfonamides is 1. The number of hydrogen-bond donors (Lipinski definition) is 3. The molecule has 0 saturated carbocycles. The summed E-state index contributed by atoms with van der Waals surface area (Å²) in [7, 11) is -4.01. The standard InChI is InChI=1S/C31H33N3O6S/c1-19(2)28(31(36)37)33-41(38,39)24-15-11-22(12-16-24)21-9-13-23(14-10-21)32-30(35)29-20(3)27-25(34-17-4-5-18-34)7-6-8-26(27)40-29/h6-16,19,28,33H,4-5,17-18H2,1-3H3,(H,32,35)(H,36,37). The van der Waals surface area contributed by atoms with Gasteiger partial charge in [-0.1, -0.05) is 44.2 Å². The molecular formula is C31H33N3O6S. The van der Waals surface area contributed by atoms with Crippen LogP contribution in [-0.4, -0.2) is 44.5 Å². The average Bonchev–Trinajstić information content (AvgIpc) is 3.60. The predicted molar refractivity (Wildman–Crippen MR) is 159 cm³/mol. The lowest BCUT2D eigenvalue weighted by Crippen LogP contribution is -2.44. The fourth-order valence-electron chi connectivity index (χ4n) is 5.19. The van der Waals surface area contributed by atoms with E-state index in [1.54, 1.807) is 38.1 Å². The number of carbonyl (C=O) groups is 2. The first-order valence-corrected chi connectivity index (χ1v) is 15.1. The third kappa shape index (κ3) is 5.84. The molecule has 10 heteroatoms. The van der Waals surface area contributed by atoms with Crippen LogP contribution in [0.4, 0.5) is 11.4 Å². The van der Waals surface area contributed by atoms with Crippen LogP contribution in [-0.2, 0) is 14.8 Å². The summed E-state index contributed by atoms with van der Waals surface area (Å²) in [5.74, 6) is -1.69. The highest BCUT2D eigenvalue weighted by Crippen LogP contribution is 2.35. The van der Waals surface area contributed by atoms with E-state index in [0.717, 1.165) is 53.7 Å². The summed E-state index contributed by atoms with van der Waals surface area (Å²) in [4.78, 5) is 26.9. The smallest absolute Gasteiger partial charge is 0.322 e. The van der Waals surface area contributed by atoms with Gasteiger partial charge in [0.25, 0.3) is 5.91 Å². The van der Waals surface area contributed by atoms with Gasteiger partial charge in [-0.2, -0.15) is 4.72 Å². The van der Waals surface area contributed by atoms with Crippen LogP contribution in [0.15, 0.2) is 76.0 Å². The summed E-state index contributed by atoms with van der Waals surface area (Å²) < 4.78 is 33.7. The molecule has 1 aliphatic heterocycles. The Labute approximate surface area is 239 Å². The Kier molecular flexibility index (Phi) is 7.88. The van der Waals surface area contributed by atoms with Crippen molar-refractivity contribution >= 4 is 44.2 Å². The fraction of sp³-hybridized carbons (Fsp3) is 0.290. The van der Waals surface area contributed by atoms with E-state index in [9.17, 15) is 23.1 Å². The Morgan fingerprint density at radius 3 is 2.12 bits per heavy atom. The lowest BCUT2D eigenvalue weighted by molar-refractivity contribution is -0.140. The number of rotatable bonds is 9. The normalized spacial score (nSPS) is 14.5. The summed E-state index contributed by atoms with van der Waals surface area (Å²) >= 11 is 0. The number of amides is 1. The predicted octanol–water partition coefficient (Wildman–Crippen LogP) is 5.65. The van der Waals surface area contributed by atoms with Gasteiger partial charge in [-0.05, 0) is 73.2 Å². The van der Waals surface area contributed by atoms with Gasteiger partial charge in [-0.3, -0.25) is 9.59 Å². The summed E-state index contributed by atoms with van der Waals surface area (Å²) in [6.45, 7) is 7.18. The molecule has 2 heterocycles. The zero-order chi connectivity index (χ0) is 29.3. The largest absolute Gasteiger partial charge is 0.480 e. The van der Waals surface area contributed by atoms with Gasteiger partial charge in [0, 0.05) is 35.4 Å². The Morgan fingerprint density at radius 2 is 1.54 bits per heavy atom. The van der Waals surface area contributed by atoms with Crippen molar-refractivity contribution in [3.05, 3.63) is 78.1 Å². The van der Waals surface area contributed by atoms with E-state index in [1.807, 2.05) is 31.2 Å². The molecule has 0 spiro atoms. The summed E-state index contributed by atoms with van der Waals surface area (Å²) in [6.07, 6.45) is 2.31. The van der Waals surface area contributed by atoms with Gasteiger partial charge < -0.3 is 19.7 Å². The zero-order valence-electron chi connectivity index (χ0n) is 23.2. The van der Waals surface area contributed by atoms with Gasteiger partial charge in [0.1, 0.15) is 11.6 Å². The van der Waals surface area contributed by atoms with E-state index >= 15 is 0 Å². The van der Waals surface area contributed by atoms with E-state index in [-0.39, 0.29) is 16.6 Å². The molecular weight excluding hydrogens is 542 g/mol. The molecule has 3 N–H and O–H groups in total. The molecule has 0 aliphatic carbocycles. The van der Waals surface area contributed by atoms with Gasteiger partial charge in [-0.25, -0.2) is 8.42 Å². The molecule has 214 valence electrons. The average molecular weight is 576 g/mol. The second-order valence-electron chi connectivity index (χ2n) is 10.6. The first kappa shape index (κ1) is 28.4. The number of carbonyl (C=O) groups excluding carboxylic acids is 1. The minimum Gasteiger partial charge on any atom is -0.480 e. The van der Waals surface area contributed by atoms with Crippen molar-refractivity contribution in [2.45, 2.75) is 44.6 Å². The molecule has 1 aromatic heterocycles. The number of fused-ring (bicyclic) bond motifs is 1. The Balaban J connectivity index is 1.30. The maximum absolute atomic E-state index is 13.2. The third-order valence-corrected chi connectivity index (χ3v) is 8.90. The molecule has 1 atom stereocenters. The molecule has 1 saturated heterocycles. The molecule has 5 rings (SSSR count). The Morgan fingerprint density at radius 1 is 0.927 bits per heavy atom. The number of anilines is 2. The van der Waals surface area contributed by atoms with E-state index < -0.39 is 28.0 Å². The van der Waals surface area contributed by atoms with Crippen molar-refractivity contribution in [3.63, 3.8) is 0 Å². The lowest BCUT2D eigenvalue weighted by atomic mass is 10.1. The second kappa shape index (κ2) is 11.4. The SMILES string of the molecule is Cc1c(C(=O)Nc2ccc(-c3ccc(S(=O)(=O)NC(C(=O)O)C(C)C)cc3)cc2)oc2cccc(N3CCCC3)c12. The van der Waals surface area contributed by atoms with Crippen LogP contribution in [0, 0.1) is 12.8 Å². The van der Waals surface area contributed by atoms with Crippen molar-refractivity contribution in [1.82, 2.24) is 4.72 Å². The molecule has 0 bridgehead atoms. The second-order valence-corrected chi connectivity index (χ2v) is 12.4. The van der Waals surface area contributed by atoms with Crippen molar-refractivity contribution in [1.29, 1.82) is 0 Å². The molecule has 41 heavy (non-hydrogen) atoms. The first-order chi connectivity index (χ1) is 19.5. The number of benzene rings is 3. The zero-order valence-corrected chi connectivity index (χ0v) is 24.0. The van der Waals surface area contributed by atoms with Crippen LogP contribution in [0.25, 0.3) is 22.1 Å². The maximum atomic E-state index is 13.2. The van der Waals surface area contributed by atoms with Crippen LogP contribution in [0.1, 0.15) is 42.8 Å². The quantitative estimate of drug-likeness (QED) is 0.235. The van der Waals surface area contributed by atoms with Crippen molar-refractivity contribution in [3.8, 4) is 11.1 Å². The minimum absolute atomic E-state index is 0.0221. The van der Waals surface area contributed by atoms with Crippen molar-refractivity contribution in [2.24, 2.45) is 5.92 Å². The van der Waals surface area contributed by atoms with Crippen LogP contribution in [0.5, 0.6) is 0 Å². The molecule has 1 aliphatic rings. The highest BCUT2D eigenvalue weighted by atomic mass is 32.2. The first-order valence-electron chi connectivity index (χ1n) is 13.6. The van der Waals surface area contributed by atoms with Crippen molar-refractivity contribution < 1.29 is 27.5 Å². The summed E-state index contributed by atoms with van der Waals surface area (Å²) in [5.41, 5.74) is 4.78. The van der Waals surface area contributed by atoms with E-state index in [1.165, 1.54) is 12.1 Å². The summed E-state index contributed by atoms with van der Waals surface area (Å²) in [6, 6.07) is 18.1.